The molecule has 1 heterocycles. The van der Waals surface area contributed by atoms with E-state index in [1.165, 1.54) is 4.57 Å². The van der Waals surface area contributed by atoms with Gasteiger partial charge < -0.3 is 11.5 Å². The van der Waals surface area contributed by atoms with Crippen molar-refractivity contribution in [3.8, 4) is 5.69 Å². The SMILES string of the molecule is Cc1nc2ccc(N)cc2c(=O)n1-c1cccc(N)c1. The molecule has 0 bridgehead atoms. The number of rotatable bonds is 1. The Morgan fingerprint density at radius 1 is 1.05 bits per heavy atom. The van der Waals surface area contributed by atoms with Crippen molar-refractivity contribution in [2.24, 2.45) is 0 Å². The van der Waals surface area contributed by atoms with Crippen LogP contribution in [0.3, 0.4) is 0 Å². The number of anilines is 2. The van der Waals surface area contributed by atoms with Crippen LogP contribution in [0.25, 0.3) is 16.6 Å². The second-order valence-corrected chi connectivity index (χ2v) is 4.67. The maximum atomic E-state index is 12.6. The van der Waals surface area contributed by atoms with Gasteiger partial charge in [0.25, 0.3) is 5.56 Å². The van der Waals surface area contributed by atoms with Crippen LogP contribution in [-0.4, -0.2) is 9.55 Å². The van der Waals surface area contributed by atoms with Crippen molar-refractivity contribution < 1.29 is 0 Å². The molecule has 100 valence electrons. The topological polar surface area (TPSA) is 86.9 Å². The van der Waals surface area contributed by atoms with E-state index in [4.69, 9.17) is 11.5 Å². The molecule has 0 aliphatic heterocycles. The van der Waals surface area contributed by atoms with Gasteiger partial charge in [0.1, 0.15) is 5.82 Å². The van der Waals surface area contributed by atoms with E-state index in [9.17, 15) is 4.79 Å². The van der Waals surface area contributed by atoms with Crippen LogP contribution in [-0.2, 0) is 0 Å². The molecule has 3 aromatic rings. The van der Waals surface area contributed by atoms with Gasteiger partial charge >= 0.3 is 0 Å². The van der Waals surface area contributed by atoms with Crippen molar-refractivity contribution in [1.82, 2.24) is 9.55 Å². The lowest BCUT2D eigenvalue weighted by molar-refractivity contribution is 0.895. The van der Waals surface area contributed by atoms with Crippen LogP contribution in [0, 0.1) is 6.92 Å². The molecule has 0 amide bonds. The Labute approximate surface area is 115 Å². The van der Waals surface area contributed by atoms with E-state index in [0.717, 1.165) is 0 Å². The van der Waals surface area contributed by atoms with Crippen LogP contribution in [0.15, 0.2) is 47.3 Å². The number of hydrogen-bond acceptors (Lipinski definition) is 4. The van der Waals surface area contributed by atoms with Crippen molar-refractivity contribution in [2.45, 2.75) is 6.92 Å². The fourth-order valence-electron chi connectivity index (χ4n) is 2.28. The summed E-state index contributed by atoms with van der Waals surface area (Å²) in [6.45, 7) is 1.79. The molecule has 0 fully saturated rings. The normalized spacial score (nSPS) is 10.8. The third-order valence-electron chi connectivity index (χ3n) is 3.19. The molecule has 3 rings (SSSR count). The first kappa shape index (κ1) is 12.2. The van der Waals surface area contributed by atoms with Gasteiger partial charge in [0.2, 0.25) is 0 Å². The molecule has 0 atom stereocenters. The highest BCUT2D eigenvalue weighted by Gasteiger charge is 2.10. The zero-order valence-corrected chi connectivity index (χ0v) is 11.0. The Balaban J connectivity index is 2.39. The van der Waals surface area contributed by atoms with Gasteiger partial charge in [0.15, 0.2) is 0 Å². The molecule has 1 aromatic heterocycles. The minimum atomic E-state index is -0.148. The summed E-state index contributed by atoms with van der Waals surface area (Å²) in [6, 6.07) is 12.3. The molecule has 0 saturated carbocycles. The summed E-state index contributed by atoms with van der Waals surface area (Å²) < 4.78 is 1.54. The second kappa shape index (κ2) is 4.38. The van der Waals surface area contributed by atoms with Crippen LogP contribution in [0.5, 0.6) is 0 Å². The number of benzene rings is 2. The molecule has 0 radical (unpaired) electrons. The summed E-state index contributed by atoms with van der Waals surface area (Å²) >= 11 is 0. The molecule has 0 aliphatic rings. The first-order chi connectivity index (χ1) is 9.56. The van der Waals surface area contributed by atoms with Gasteiger partial charge in [-0.25, -0.2) is 4.98 Å². The van der Waals surface area contributed by atoms with E-state index in [1.54, 1.807) is 43.3 Å². The Morgan fingerprint density at radius 2 is 1.80 bits per heavy atom. The molecule has 0 unspecified atom stereocenters. The van der Waals surface area contributed by atoms with Crippen LogP contribution in [0.1, 0.15) is 5.82 Å². The lowest BCUT2D eigenvalue weighted by Crippen LogP contribution is -2.22. The maximum absolute atomic E-state index is 12.6. The zero-order valence-electron chi connectivity index (χ0n) is 11.0. The summed E-state index contributed by atoms with van der Waals surface area (Å²) in [5, 5.41) is 0.498. The predicted molar refractivity (Wildman–Crippen MR) is 80.9 cm³/mol. The Morgan fingerprint density at radius 3 is 2.55 bits per heavy atom. The first-order valence-electron chi connectivity index (χ1n) is 6.21. The highest BCUT2D eigenvalue weighted by Crippen LogP contribution is 2.16. The Hall–Kier alpha value is -2.82. The number of hydrogen-bond donors (Lipinski definition) is 2. The Bertz CT molecular complexity index is 867. The second-order valence-electron chi connectivity index (χ2n) is 4.67. The van der Waals surface area contributed by atoms with E-state index in [1.807, 2.05) is 6.07 Å². The zero-order chi connectivity index (χ0) is 14.3. The highest BCUT2D eigenvalue weighted by atomic mass is 16.1. The van der Waals surface area contributed by atoms with E-state index >= 15 is 0 Å². The highest BCUT2D eigenvalue weighted by molar-refractivity contribution is 5.81. The molecular formula is C15H14N4O. The van der Waals surface area contributed by atoms with Gasteiger partial charge in [-0.1, -0.05) is 6.07 Å². The molecule has 0 saturated heterocycles. The summed E-state index contributed by atoms with van der Waals surface area (Å²) in [5.41, 5.74) is 13.9. The molecule has 5 heteroatoms. The van der Waals surface area contributed by atoms with Crippen LogP contribution in [0.2, 0.25) is 0 Å². The summed E-state index contributed by atoms with van der Waals surface area (Å²) in [5.74, 6) is 0.609. The quantitative estimate of drug-likeness (QED) is 0.658. The number of nitrogen functional groups attached to an aromatic ring is 2. The predicted octanol–water partition coefficient (Wildman–Crippen LogP) is 1.86. The molecule has 0 spiro atoms. The van der Waals surface area contributed by atoms with Gasteiger partial charge in [0.05, 0.1) is 16.6 Å². The van der Waals surface area contributed by atoms with Crippen LogP contribution >= 0.6 is 0 Å². The number of nitrogens with zero attached hydrogens (tertiary/aromatic N) is 2. The summed E-state index contributed by atoms with van der Waals surface area (Å²) in [6.07, 6.45) is 0. The monoisotopic (exact) mass is 266 g/mol. The van der Waals surface area contributed by atoms with E-state index in [2.05, 4.69) is 4.98 Å². The molecule has 0 aliphatic carbocycles. The fourth-order valence-corrected chi connectivity index (χ4v) is 2.28. The van der Waals surface area contributed by atoms with E-state index in [-0.39, 0.29) is 5.56 Å². The third kappa shape index (κ3) is 1.89. The van der Waals surface area contributed by atoms with Crippen molar-refractivity contribution >= 4 is 22.3 Å². The molecule has 4 N–H and O–H groups in total. The fraction of sp³-hybridized carbons (Fsp3) is 0.0667. The standard InChI is InChI=1S/C15H14N4O/c1-9-18-14-6-5-11(17)8-13(14)15(20)19(9)12-4-2-3-10(16)7-12/h2-8H,16-17H2,1H3. The van der Waals surface area contributed by atoms with Gasteiger partial charge in [-0.15, -0.1) is 0 Å². The molecule has 2 aromatic carbocycles. The smallest absolute Gasteiger partial charge is 0.266 e. The lowest BCUT2D eigenvalue weighted by atomic mass is 10.2. The largest absolute Gasteiger partial charge is 0.399 e. The molecule has 20 heavy (non-hydrogen) atoms. The minimum Gasteiger partial charge on any atom is -0.399 e. The average molecular weight is 266 g/mol. The van der Waals surface area contributed by atoms with Gasteiger partial charge in [-0.2, -0.15) is 0 Å². The van der Waals surface area contributed by atoms with Crippen molar-refractivity contribution in [1.29, 1.82) is 0 Å². The number of aryl methyl sites for hydroxylation is 1. The maximum Gasteiger partial charge on any atom is 0.266 e. The van der Waals surface area contributed by atoms with Gasteiger partial charge in [-0.05, 0) is 43.3 Å². The van der Waals surface area contributed by atoms with Gasteiger partial charge in [0, 0.05) is 11.4 Å². The van der Waals surface area contributed by atoms with Gasteiger partial charge in [-0.3, -0.25) is 9.36 Å². The third-order valence-corrected chi connectivity index (χ3v) is 3.19. The molecular weight excluding hydrogens is 252 g/mol. The Kier molecular flexibility index (Phi) is 2.68. The molecule has 5 nitrogen and oxygen atoms in total. The van der Waals surface area contributed by atoms with Crippen LogP contribution in [0.4, 0.5) is 11.4 Å². The summed E-state index contributed by atoms with van der Waals surface area (Å²) in [4.78, 5) is 17.1. The van der Waals surface area contributed by atoms with E-state index in [0.29, 0.717) is 33.8 Å². The lowest BCUT2D eigenvalue weighted by Gasteiger charge is -2.11. The number of fused-ring (bicyclic) bond motifs is 1. The van der Waals surface area contributed by atoms with Crippen molar-refractivity contribution in [3.63, 3.8) is 0 Å². The van der Waals surface area contributed by atoms with Crippen molar-refractivity contribution in [3.05, 3.63) is 58.6 Å². The number of aromatic nitrogens is 2. The summed E-state index contributed by atoms with van der Waals surface area (Å²) in [7, 11) is 0. The first-order valence-corrected chi connectivity index (χ1v) is 6.21. The van der Waals surface area contributed by atoms with Crippen LogP contribution < -0.4 is 17.0 Å². The minimum absolute atomic E-state index is 0.148. The van der Waals surface area contributed by atoms with E-state index < -0.39 is 0 Å². The average Bonchev–Trinajstić information content (AvgIpc) is 2.40. The van der Waals surface area contributed by atoms with Crippen molar-refractivity contribution in [2.75, 3.05) is 11.5 Å². The number of nitrogens with two attached hydrogens (primary N) is 2.